The summed E-state index contributed by atoms with van der Waals surface area (Å²) < 4.78 is 5.23. The molecular formula is C8H11IO2. The van der Waals surface area contributed by atoms with Gasteiger partial charge in [0.05, 0.1) is 12.5 Å². The summed E-state index contributed by atoms with van der Waals surface area (Å²) >= 11 is 2.48. The molecule has 0 aromatic carbocycles. The Hall–Kier alpha value is 0.200. The van der Waals surface area contributed by atoms with Gasteiger partial charge in [-0.1, -0.05) is 22.6 Å². The Bertz CT molecular complexity index is 206. The molecule has 0 radical (unpaired) electrons. The zero-order chi connectivity index (χ0) is 8.11. The lowest BCUT2D eigenvalue weighted by Gasteiger charge is -2.41. The van der Waals surface area contributed by atoms with Crippen LogP contribution in [0.1, 0.15) is 25.7 Å². The second-order valence-corrected chi connectivity index (χ2v) is 6.06. The van der Waals surface area contributed by atoms with Gasteiger partial charge < -0.3 is 4.74 Å². The summed E-state index contributed by atoms with van der Waals surface area (Å²) in [4.78, 5) is 11.3. The van der Waals surface area contributed by atoms with E-state index in [0.717, 1.165) is 19.3 Å². The van der Waals surface area contributed by atoms with Crippen LogP contribution in [0.25, 0.3) is 0 Å². The number of fused-ring (bicyclic) bond motifs is 1. The zero-order valence-electron chi connectivity index (χ0n) is 6.52. The quantitative estimate of drug-likeness (QED) is 0.411. The number of carbonyl (C=O) groups excluding carboxylic acids is 1. The molecule has 62 valence electrons. The second-order valence-electron chi connectivity index (χ2n) is 3.78. The lowest BCUT2D eigenvalue weighted by Crippen LogP contribution is -2.44. The van der Waals surface area contributed by atoms with E-state index in [4.69, 9.17) is 4.74 Å². The van der Waals surface area contributed by atoms with E-state index in [1.807, 2.05) is 0 Å². The lowest BCUT2D eigenvalue weighted by atomic mass is 9.70. The van der Waals surface area contributed by atoms with Crippen molar-refractivity contribution in [3.05, 3.63) is 0 Å². The average Bonchev–Trinajstić information content (AvgIpc) is 2.40. The molecule has 3 saturated carbocycles. The van der Waals surface area contributed by atoms with Crippen LogP contribution in [-0.2, 0) is 9.53 Å². The van der Waals surface area contributed by atoms with Crippen LogP contribution in [0.4, 0.5) is 0 Å². The molecule has 0 spiro atoms. The molecule has 0 atom stereocenters. The van der Waals surface area contributed by atoms with Crippen molar-refractivity contribution < 1.29 is 9.53 Å². The molecule has 3 heteroatoms. The Morgan fingerprint density at radius 2 is 2.09 bits per heavy atom. The fourth-order valence-corrected chi connectivity index (χ4v) is 4.17. The Balaban J connectivity index is 2.13. The minimum Gasteiger partial charge on any atom is -0.469 e. The molecule has 11 heavy (non-hydrogen) atoms. The second kappa shape index (κ2) is 2.12. The van der Waals surface area contributed by atoms with E-state index in [9.17, 15) is 4.79 Å². The van der Waals surface area contributed by atoms with E-state index in [-0.39, 0.29) is 11.4 Å². The third kappa shape index (κ3) is 0.927. The number of carbonyl (C=O) groups is 1. The van der Waals surface area contributed by atoms with Crippen LogP contribution in [0.15, 0.2) is 0 Å². The Labute approximate surface area is 79.8 Å². The molecule has 3 aliphatic rings. The van der Waals surface area contributed by atoms with Crippen molar-refractivity contribution in [1.82, 2.24) is 0 Å². The van der Waals surface area contributed by atoms with E-state index < -0.39 is 0 Å². The van der Waals surface area contributed by atoms with Crippen molar-refractivity contribution in [3.8, 4) is 0 Å². The molecule has 0 unspecified atom stereocenters. The standard InChI is InChI=1S/C8H11IO2/c1-11-6(10)7-2-3-8(9,4-7)5-7/h2-5H2,1H3. The minimum absolute atomic E-state index is 0.0160. The van der Waals surface area contributed by atoms with Crippen molar-refractivity contribution in [2.45, 2.75) is 29.1 Å². The monoisotopic (exact) mass is 266 g/mol. The van der Waals surface area contributed by atoms with Crippen LogP contribution in [0, 0.1) is 5.41 Å². The van der Waals surface area contributed by atoms with E-state index >= 15 is 0 Å². The SMILES string of the molecule is COC(=O)C12CCC(I)(C1)C2. The molecule has 0 saturated heterocycles. The third-order valence-corrected chi connectivity index (χ3v) is 4.28. The Morgan fingerprint density at radius 3 is 2.45 bits per heavy atom. The van der Waals surface area contributed by atoms with Crippen LogP contribution >= 0.6 is 22.6 Å². The predicted octanol–water partition coefficient (Wildman–Crippen LogP) is 1.91. The molecule has 3 aliphatic carbocycles. The summed E-state index contributed by atoms with van der Waals surface area (Å²) in [6, 6.07) is 0. The van der Waals surface area contributed by atoms with E-state index in [2.05, 4.69) is 22.6 Å². The molecule has 0 amide bonds. The predicted molar refractivity (Wildman–Crippen MR) is 49.7 cm³/mol. The number of hydrogen-bond acceptors (Lipinski definition) is 2. The van der Waals surface area contributed by atoms with E-state index in [1.165, 1.54) is 13.5 Å². The molecule has 2 nitrogen and oxygen atoms in total. The number of halogens is 1. The normalized spacial score (nSPS) is 46.7. The van der Waals surface area contributed by atoms with Gasteiger partial charge in [-0.15, -0.1) is 0 Å². The van der Waals surface area contributed by atoms with Crippen molar-refractivity contribution in [2.75, 3.05) is 7.11 Å². The Kier molecular flexibility index (Phi) is 1.51. The molecule has 0 N–H and O–H groups in total. The first-order valence-electron chi connectivity index (χ1n) is 3.88. The summed E-state index contributed by atoms with van der Waals surface area (Å²) in [5.41, 5.74) is -0.0596. The van der Waals surface area contributed by atoms with Gasteiger partial charge >= 0.3 is 5.97 Å². The van der Waals surface area contributed by atoms with Crippen molar-refractivity contribution in [2.24, 2.45) is 5.41 Å². The van der Waals surface area contributed by atoms with Gasteiger partial charge in [0.2, 0.25) is 0 Å². The van der Waals surface area contributed by atoms with Gasteiger partial charge in [-0.25, -0.2) is 0 Å². The summed E-state index contributed by atoms with van der Waals surface area (Å²) in [5.74, 6) is 0.0160. The van der Waals surface area contributed by atoms with Crippen LogP contribution in [0.2, 0.25) is 0 Å². The van der Waals surface area contributed by atoms with Gasteiger partial charge in [-0.05, 0) is 25.7 Å². The number of alkyl halides is 1. The first-order valence-corrected chi connectivity index (χ1v) is 4.96. The summed E-state index contributed by atoms with van der Waals surface area (Å²) in [6.07, 6.45) is 4.34. The fourth-order valence-electron chi connectivity index (χ4n) is 2.44. The highest BCUT2D eigenvalue weighted by atomic mass is 127. The number of ether oxygens (including phenoxy) is 1. The maximum Gasteiger partial charge on any atom is 0.311 e. The van der Waals surface area contributed by atoms with Crippen LogP contribution < -0.4 is 0 Å². The van der Waals surface area contributed by atoms with E-state index in [1.54, 1.807) is 0 Å². The lowest BCUT2D eigenvalue weighted by molar-refractivity contribution is -0.156. The fraction of sp³-hybridized carbons (Fsp3) is 0.875. The summed E-state index contributed by atoms with van der Waals surface area (Å²) in [7, 11) is 1.49. The van der Waals surface area contributed by atoms with Gasteiger partial charge in [0.15, 0.2) is 0 Å². The smallest absolute Gasteiger partial charge is 0.311 e. The topological polar surface area (TPSA) is 26.3 Å². The average molecular weight is 266 g/mol. The number of rotatable bonds is 1. The summed E-state index contributed by atoms with van der Waals surface area (Å²) in [5, 5.41) is 0. The molecule has 3 rings (SSSR count). The van der Waals surface area contributed by atoms with Gasteiger partial charge in [0.1, 0.15) is 0 Å². The Morgan fingerprint density at radius 1 is 1.45 bits per heavy atom. The molecule has 0 heterocycles. The zero-order valence-corrected chi connectivity index (χ0v) is 8.68. The molecule has 3 fully saturated rings. The largest absolute Gasteiger partial charge is 0.469 e. The molecule has 0 aromatic rings. The maximum atomic E-state index is 11.3. The van der Waals surface area contributed by atoms with Crippen molar-refractivity contribution in [3.63, 3.8) is 0 Å². The van der Waals surface area contributed by atoms with Gasteiger partial charge in [-0.2, -0.15) is 0 Å². The third-order valence-electron chi connectivity index (χ3n) is 2.98. The van der Waals surface area contributed by atoms with Gasteiger partial charge in [0.25, 0.3) is 0 Å². The molecule has 2 bridgehead atoms. The van der Waals surface area contributed by atoms with Crippen LogP contribution in [0.3, 0.4) is 0 Å². The van der Waals surface area contributed by atoms with Crippen LogP contribution in [-0.4, -0.2) is 16.5 Å². The highest BCUT2D eigenvalue weighted by Crippen LogP contribution is 2.66. The number of methoxy groups -OCH3 is 1. The van der Waals surface area contributed by atoms with Crippen molar-refractivity contribution in [1.29, 1.82) is 0 Å². The molecule has 0 aromatic heterocycles. The maximum absolute atomic E-state index is 11.3. The molecular weight excluding hydrogens is 255 g/mol. The van der Waals surface area contributed by atoms with Crippen molar-refractivity contribution >= 4 is 28.6 Å². The first kappa shape index (κ1) is 7.83. The summed E-state index contributed by atoms with van der Waals surface area (Å²) in [6.45, 7) is 0. The minimum atomic E-state index is -0.0596. The van der Waals surface area contributed by atoms with Crippen LogP contribution in [0.5, 0.6) is 0 Å². The van der Waals surface area contributed by atoms with E-state index in [0.29, 0.717) is 3.42 Å². The first-order chi connectivity index (χ1) is 5.10. The highest BCUT2D eigenvalue weighted by Gasteiger charge is 2.63. The number of esters is 1. The molecule has 0 aliphatic heterocycles. The highest BCUT2D eigenvalue weighted by molar-refractivity contribution is 14.1. The number of hydrogen-bond donors (Lipinski definition) is 0. The van der Waals surface area contributed by atoms with Gasteiger partial charge in [0, 0.05) is 3.42 Å². The van der Waals surface area contributed by atoms with Gasteiger partial charge in [-0.3, -0.25) is 4.79 Å².